The van der Waals surface area contributed by atoms with Crippen molar-refractivity contribution in [2.75, 3.05) is 6.54 Å². The molecule has 2 aromatic rings. The quantitative estimate of drug-likeness (QED) is 0.933. The van der Waals surface area contributed by atoms with Crippen LogP contribution in [0.3, 0.4) is 0 Å². The lowest BCUT2D eigenvalue weighted by Gasteiger charge is -2.15. The Kier molecular flexibility index (Phi) is 4.08. The highest BCUT2D eigenvalue weighted by molar-refractivity contribution is 6.32. The number of nitrogens with one attached hydrogen (secondary N) is 1. The highest BCUT2D eigenvalue weighted by atomic mass is 35.5. The van der Waals surface area contributed by atoms with Gasteiger partial charge in [-0.15, -0.1) is 0 Å². The van der Waals surface area contributed by atoms with Crippen LogP contribution in [0, 0.1) is 0 Å². The molecule has 20 heavy (non-hydrogen) atoms. The first kappa shape index (κ1) is 13.7. The third-order valence-electron chi connectivity index (χ3n) is 3.88. The summed E-state index contributed by atoms with van der Waals surface area (Å²) < 4.78 is 2.16. The molecule has 0 saturated carbocycles. The maximum atomic E-state index is 6.47. The highest BCUT2D eigenvalue weighted by Crippen LogP contribution is 2.27. The van der Waals surface area contributed by atoms with Crippen LogP contribution in [-0.4, -0.2) is 16.1 Å². The molecule has 1 aliphatic carbocycles. The highest BCUT2D eigenvalue weighted by Gasteiger charge is 2.17. The number of hydrogen-bond donors (Lipinski definition) is 1. The van der Waals surface area contributed by atoms with Crippen molar-refractivity contribution in [3.63, 3.8) is 0 Å². The van der Waals surface area contributed by atoms with E-state index in [2.05, 4.69) is 40.0 Å². The van der Waals surface area contributed by atoms with E-state index >= 15 is 0 Å². The number of halogens is 1. The van der Waals surface area contributed by atoms with E-state index in [9.17, 15) is 0 Å². The van der Waals surface area contributed by atoms with E-state index < -0.39 is 0 Å². The van der Waals surface area contributed by atoms with Crippen LogP contribution in [-0.2, 0) is 19.4 Å². The molecule has 106 valence electrons. The summed E-state index contributed by atoms with van der Waals surface area (Å²) in [7, 11) is 0. The van der Waals surface area contributed by atoms with Crippen LogP contribution in [0.4, 0.5) is 0 Å². The summed E-state index contributed by atoms with van der Waals surface area (Å²) in [5.74, 6) is 0. The topological polar surface area (TPSA) is 29.9 Å². The Balaban J connectivity index is 1.92. The fourth-order valence-corrected chi connectivity index (χ4v) is 3.10. The van der Waals surface area contributed by atoms with Crippen molar-refractivity contribution in [1.82, 2.24) is 14.9 Å². The Labute approximate surface area is 125 Å². The Morgan fingerprint density at radius 2 is 2.15 bits per heavy atom. The van der Waals surface area contributed by atoms with E-state index in [1.807, 2.05) is 6.33 Å². The number of fused-ring (bicyclic) bond motifs is 1. The minimum atomic E-state index is 0.797. The summed E-state index contributed by atoms with van der Waals surface area (Å²) in [6.45, 7) is 3.93. The fraction of sp³-hybridized carbons (Fsp3) is 0.438. The van der Waals surface area contributed by atoms with Crippen LogP contribution in [0.1, 0.15) is 36.7 Å². The fourth-order valence-electron chi connectivity index (χ4n) is 2.80. The predicted molar refractivity (Wildman–Crippen MR) is 82.6 cm³/mol. The zero-order chi connectivity index (χ0) is 13.9. The van der Waals surface area contributed by atoms with Gasteiger partial charge in [0, 0.05) is 12.2 Å². The second kappa shape index (κ2) is 5.98. The van der Waals surface area contributed by atoms with Crippen LogP contribution in [0.25, 0.3) is 5.69 Å². The molecule has 0 radical (unpaired) electrons. The van der Waals surface area contributed by atoms with Crippen molar-refractivity contribution >= 4 is 11.6 Å². The number of aromatic nitrogens is 2. The Morgan fingerprint density at radius 1 is 1.30 bits per heavy atom. The molecule has 0 unspecified atom stereocenters. The number of rotatable bonds is 4. The van der Waals surface area contributed by atoms with Crippen molar-refractivity contribution in [3.8, 4) is 5.69 Å². The van der Waals surface area contributed by atoms with E-state index in [0.717, 1.165) is 36.6 Å². The van der Waals surface area contributed by atoms with Crippen LogP contribution >= 0.6 is 11.6 Å². The van der Waals surface area contributed by atoms with Gasteiger partial charge < -0.3 is 9.88 Å². The van der Waals surface area contributed by atoms with Gasteiger partial charge in [-0.3, -0.25) is 0 Å². The molecular weight excluding hydrogens is 270 g/mol. The van der Waals surface area contributed by atoms with Crippen molar-refractivity contribution in [1.29, 1.82) is 0 Å². The summed E-state index contributed by atoms with van der Waals surface area (Å²) in [6.07, 6.45) is 6.61. The molecular formula is C16H20ClN3. The molecule has 0 aliphatic heterocycles. The molecule has 1 aliphatic rings. The summed E-state index contributed by atoms with van der Waals surface area (Å²) in [5, 5.41) is 4.12. The number of aryl methyl sites for hydroxylation is 1. The van der Waals surface area contributed by atoms with Gasteiger partial charge in [0.15, 0.2) is 0 Å². The van der Waals surface area contributed by atoms with Gasteiger partial charge in [0.25, 0.3) is 0 Å². The number of imidazole rings is 1. The Bertz CT molecular complexity index is 604. The summed E-state index contributed by atoms with van der Waals surface area (Å²) in [5.41, 5.74) is 4.83. The molecule has 1 aromatic heterocycles. The lowest BCUT2D eigenvalue weighted by molar-refractivity contribution is 0.656. The minimum absolute atomic E-state index is 0.797. The summed E-state index contributed by atoms with van der Waals surface area (Å²) in [6, 6.07) is 6.29. The minimum Gasteiger partial charge on any atom is -0.313 e. The molecule has 1 heterocycles. The largest absolute Gasteiger partial charge is 0.313 e. The lowest BCUT2D eigenvalue weighted by atomic mass is 10.0. The molecule has 1 aromatic carbocycles. The van der Waals surface area contributed by atoms with Gasteiger partial charge >= 0.3 is 0 Å². The Hall–Kier alpha value is -1.32. The van der Waals surface area contributed by atoms with Gasteiger partial charge in [0.05, 0.1) is 22.7 Å². The van der Waals surface area contributed by atoms with Gasteiger partial charge in [-0.2, -0.15) is 0 Å². The van der Waals surface area contributed by atoms with Crippen LogP contribution in [0.15, 0.2) is 24.5 Å². The molecule has 0 saturated heterocycles. The molecule has 0 fully saturated rings. The zero-order valence-corrected chi connectivity index (χ0v) is 12.6. The number of nitrogens with zero attached hydrogens (tertiary/aromatic N) is 2. The molecule has 0 spiro atoms. The van der Waals surface area contributed by atoms with E-state index in [-0.39, 0.29) is 0 Å². The van der Waals surface area contributed by atoms with E-state index in [4.69, 9.17) is 11.6 Å². The summed E-state index contributed by atoms with van der Waals surface area (Å²) >= 11 is 6.47. The standard InChI is InChI=1S/C16H20ClN3/c1-2-18-10-12-7-8-15(13(17)9-12)20-11-19-14-5-3-4-6-16(14)20/h7-9,11,18H,2-6,10H2,1H3. The van der Waals surface area contributed by atoms with Crippen LogP contribution < -0.4 is 5.32 Å². The van der Waals surface area contributed by atoms with Gasteiger partial charge in [0.2, 0.25) is 0 Å². The van der Waals surface area contributed by atoms with Crippen molar-refractivity contribution in [2.24, 2.45) is 0 Å². The van der Waals surface area contributed by atoms with Gasteiger partial charge in [-0.1, -0.05) is 24.6 Å². The maximum Gasteiger partial charge on any atom is 0.0998 e. The molecule has 1 N–H and O–H groups in total. The average molecular weight is 290 g/mol. The molecule has 0 bridgehead atoms. The summed E-state index contributed by atoms with van der Waals surface area (Å²) in [4.78, 5) is 4.54. The third kappa shape index (κ3) is 2.60. The lowest BCUT2D eigenvalue weighted by Crippen LogP contribution is -2.12. The molecule has 0 atom stereocenters. The van der Waals surface area contributed by atoms with E-state index in [1.54, 1.807) is 0 Å². The molecule has 3 nitrogen and oxygen atoms in total. The van der Waals surface area contributed by atoms with E-state index in [1.165, 1.54) is 29.8 Å². The van der Waals surface area contributed by atoms with Gasteiger partial charge in [-0.25, -0.2) is 4.98 Å². The second-order valence-electron chi connectivity index (χ2n) is 5.28. The van der Waals surface area contributed by atoms with Crippen molar-refractivity contribution in [2.45, 2.75) is 39.2 Å². The monoisotopic (exact) mass is 289 g/mol. The van der Waals surface area contributed by atoms with Gasteiger partial charge in [-0.05, 0) is 49.9 Å². The number of benzene rings is 1. The maximum absolute atomic E-state index is 6.47. The van der Waals surface area contributed by atoms with Gasteiger partial charge in [0.1, 0.15) is 0 Å². The Morgan fingerprint density at radius 3 is 2.95 bits per heavy atom. The first-order valence-electron chi connectivity index (χ1n) is 7.34. The predicted octanol–water partition coefficient (Wildman–Crippen LogP) is 3.51. The normalized spacial score (nSPS) is 14.3. The van der Waals surface area contributed by atoms with Crippen molar-refractivity contribution < 1.29 is 0 Å². The second-order valence-corrected chi connectivity index (χ2v) is 5.69. The third-order valence-corrected chi connectivity index (χ3v) is 4.18. The van der Waals surface area contributed by atoms with E-state index in [0.29, 0.717) is 0 Å². The first-order chi connectivity index (χ1) is 9.79. The van der Waals surface area contributed by atoms with Crippen molar-refractivity contribution in [3.05, 3.63) is 46.5 Å². The average Bonchev–Trinajstić information content (AvgIpc) is 2.89. The zero-order valence-electron chi connectivity index (χ0n) is 11.8. The molecule has 0 amide bonds. The number of hydrogen-bond acceptors (Lipinski definition) is 2. The molecule has 4 heteroatoms. The SMILES string of the molecule is CCNCc1ccc(-n2cnc3c2CCCC3)c(Cl)c1. The van der Waals surface area contributed by atoms with Crippen LogP contribution in [0.2, 0.25) is 5.02 Å². The molecule has 3 rings (SSSR count). The van der Waals surface area contributed by atoms with Crippen LogP contribution in [0.5, 0.6) is 0 Å². The first-order valence-corrected chi connectivity index (χ1v) is 7.72. The smallest absolute Gasteiger partial charge is 0.0998 e.